The van der Waals surface area contributed by atoms with E-state index in [0.717, 1.165) is 36.7 Å². The van der Waals surface area contributed by atoms with Crippen LogP contribution in [-0.2, 0) is 11.2 Å². The molecule has 0 spiro atoms. The highest BCUT2D eigenvalue weighted by molar-refractivity contribution is 9.10. The van der Waals surface area contributed by atoms with Crippen molar-refractivity contribution in [1.82, 2.24) is 10.6 Å². The van der Waals surface area contributed by atoms with E-state index in [1.165, 1.54) is 5.56 Å². The number of hydrogen-bond acceptors (Lipinski definition) is 2. The third-order valence-electron chi connectivity index (χ3n) is 4.32. The lowest BCUT2D eigenvalue weighted by atomic mass is 9.94. The molecule has 1 amide bonds. The van der Waals surface area contributed by atoms with Crippen LogP contribution in [0.15, 0.2) is 28.7 Å². The summed E-state index contributed by atoms with van der Waals surface area (Å²) in [6.07, 6.45) is 3.88. The van der Waals surface area contributed by atoms with Gasteiger partial charge in [-0.05, 0) is 56.8 Å². The molecule has 1 aliphatic heterocycles. The fraction of sp³-hybridized carbons (Fsp3) is 0.588. The lowest BCUT2D eigenvalue weighted by Crippen LogP contribution is -2.53. The smallest absolute Gasteiger partial charge is 0.223 e. The molecule has 1 heterocycles. The van der Waals surface area contributed by atoms with E-state index in [-0.39, 0.29) is 17.9 Å². The molecule has 0 saturated carbocycles. The van der Waals surface area contributed by atoms with E-state index in [2.05, 4.69) is 52.5 Å². The minimum atomic E-state index is 0.0495. The highest BCUT2D eigenvalue weighted by Gasteiger charge is 2.25. The zero-order chi connectivity index (χ0) is 15.2. The van der Waals surface area contributed by atoms with Gasteiger partial charge in [0, 0.05) is 22.5 Å². The van der Waals surface area contributed by atoms with E-state index in [1.54, 1.807) is 0 Å². The summed E-state index contributed by atoms with van der Waals surface area (Å²) >= 11 is 3.49. The van der Waals surface area contributed by atoms with Gasteiger partial charge in [-0.1, -0.05) is 35.0 Å². The maximum absolute atomic E-state index is 12.5. The van der Waals surface area contributed by atoms with Gasteiger partial charge in [-0.3, -0.25) is 4.79 Å². The number of nitrogens with one attached hydrogen (secondary N) is 2. The first kappa shape index (κ1) is 16.5. The van der Waals surface area contributed by atoms with Crippen LogP contribution in [0.25, 0.3) is 0 Å². The Morgan fingerprint density at radius 2 is 2.33 bits per heavy atom. The Labute approximate surface area is 136 Å². The molecule has 0 radical (unpaired) electrons. The fourth-order valence-electron chi connectivity index (χ4n) is 2.91. The van der Waals surface area contributed by atoms with Crippen LogP contribution in [0.1, 0.15) is 38.7 Å². The number of amides is 1. The van der Waals surface area contributed by atoms with Gasteiger partial charge in [0.05, 0.1) is 0 Å². The highest BCUT2D eigenvalue weighted by atomic mass is 79.9. The van der Waals surface area contributed by atoms with E-state index in [9.17, 15) is 4.79 Å². The molecule has 4 heteroatoms. The first-order valence-electron chi connectivity index (χ1n) is 7.88. The van der Waals surface area contributed by atoms with Crippen molar-refractivity contribution in [2.24, 2.45) is 5.92 Å². The van der Waals surface area contributed by atoms with E-state index < -0.39 is 0 Å². The van der Waals surface area contributed by atoms with Crippen LogP contribution in [-0.4, -0.2) is 24.5 Å². The van der Waals surface area contributed by atoms with Crippen molar-refractivity contribution in [2.45, 2.75) is 51.6 Å². The van der Waals surface area contributed by atoms with E-state index in [0.29, 0.717) is 6.04 Å². The molecular weight excluding hydrogens is 328 g/mol. The van der Waals surface area contributed by atoms with Gasteiger partial charge >= 0.3 is 0 Å². The quantitative estimate of drug-likeness (QED) is 0.853. The molecular formula is C17H25BrN2O. The van der Waals surface area contributed by atoms with Gasteiger partial charge < -0.3 is 10.6 Å². The van der Waals surface area contributed by atoms with E-state index in [4.69, 9.17) is 0 Å². The Kier molecular flexibility index (Phi) is 6.24. The molecule has 21 heavy (non-hydrogen) atoms. The maximum Gasteiger partial charge on any atom is 0.223 e. The van der Waals surface area contributed by atoms with Crippen molar-refractivity contribution < 1.29 is 4.79 Å². The zero-order valence-corrected chi connectivity index (χ0v) is 14.4. The number of carbonyl (C=O) groups excluding carboxylic acids is 1. The van der Waals surface area contributed by atoms with Crippen molar-refractivity contribution in [2.75, 3.05) is 6.54 Å². The SMILES string of the molecule is CCC(Cc1cccc(Br)c1)C(=O)NC1CCCNC1C. The summed E-state index contributed by atoms with van der Waals surface area (Å²) in [5, 5.41) is 6.67. The number of carbonyl (C=O) groups is 1. The van der Waals surface area contributed by atoms with Crippen LogP contribution in [0.2, 0.25) is 0 Å². The van der Waals surface area contributed by atoms with Gasteiger partial charge in [-0.2, -0.15) is 0 Å². The van der Waals surface area contributed by atoms with Gasteiger partial charge in [0.1, 0.15) is 0 Å². The van der Waals surface area contributed by atoms with Crippen molar-refractivity contribution in [3.05, 3.63) is 34.3 Å². The molecule has 0 aliphatic carbocycles. The summed E-state index contributed by atoms with van der Waals surface area (Å²) in [5.41, 5.74) is 1.21. The van der Waals surface area contributed by atoms with Gasteiger partial charge in [-0.25, -0.2) is 0 Å². The van der Waals surface area contributed by atoms with E-state index in [1.807, 2.05) is 12.1 Å². The number of piperidine rings is 1. The Morgan fingerprint density at radius 3 is 3.00 bits per heavy atom. The molecule has 116 valence electrons. The molecule has 3 atom stereocenters. The summed E-state index contributed by atoms with van der Waals surface area (Å²) < 4.78 is 1.07. The van der Waals surface area contributed by atoms with Crippen LogP contribution < -0.4 is 10.6 Å². The van der Waals surface area contributed by atoms with E-state index >= 15 is 0 Å². The Bertz CT molecular complexity index is 478. The molecule has 1 aromatic rings. The van der Waals surface area contributed by atoms with Crippen LogP contribution >= 0.6 is 15.9 Å². The summed E-state index contributed by atoms with van der Waals surface area (Å²) in [5.74, 6) is 0.242. The first-order chi connectivity index (χ1) is 10.1. The first-order valence-corrected chi connectivity index (χ1v) is 8.67. The average Bonchev–Trinajstić information content (AvgIpc) is 2.47. The molecule has 0 bridgehead atoms. The predicted octanol–water partition coefficient (Wildman–Crippen LogP) is 3.27. The lowest BCUT2D eigenvalue weighted by molar-refractivity contribution is -0.126. The molecule has 2 N–H and O–H groups in total. The van der Waals surface area contributed by atoms with Crippen molar-refractivity contribution >= 4 is 21.8 Å². The second-order valence-electron chi connectivity index (χ2n) is 5.94. The van der Waals surface area contributed by atoms with Crippen LogP contribution in [0.4, 0.5) is 0 Å². The van der Waals surface area contributed by atoms with Crippen molar-refractivity contribution in [3.8, 4) is 0 Å². The molecule has 1 fully saturated rings. The average molecular weight is 353 g/mol. The Hall–Kier alpha value is -0.870. The summed E-state index contributed by atoms with van der Waals surface area (Å²) in [4.78, 5) is 12.5. The molecule has 2 rings (SSSR count). The highest BCUT2D eigenvalue weighted by Crippen LogP contribution is 2.18. The monoisotopic (exact) mass is 352 g/mol. The summed E-state index contributed by atoms with van der Waals surface area (Å²) in [7, 11) is 0. The van der Waals surface area contributed by atoms with Crippen molar-refractivity contribution in [3.63, 3.8) is 0 Å². The summed E-state index contributed by atoms with van der Waals surface area (Å²) in [6, 6.07) is 8.86. The standard InChI is InChI=1S/C17H25BrN2O/c1-3-14(10-13-6-4-7-15(18)11-13)17(21)20-16-8-5-9-19-12(16)2/h4,6-7,11-12,14,16,19H,3,5,8-10H2,1-2H3,(H,20,21). The Morgan fingerprint density at radius 1 is 1.52 bits per heavy atom. The fourth-order valence-corrected chi connectivity index (χ4v) is 3.36. The minimum absolute atomic E-state index is 0.0495. The zero-order valence-electron chi connectivity index (χ0n) is 12.9. The van der Waals surface area contributed by atoms with Gasteiger partial charge in [0.25, 0.3) is 0 Å². The predicted molar refractivity (Wildman–Crippen MR) is 90.3 cm³/mol. The second-order valence-corrected chi connectivity index (χ2v) is 6.86. The molecule has 1 aliphatic rings. The number of halogens is 1. The topological polar surface area (TPSA) is 41.1 Å². The van der Waals surface area contributed by atoms with Gasteiger partial charge in [0.2, 0.25) is 5.91 Å². The number of hydrogen-bond donors (Lipinski definition) is 2. The third kappa shape index (κ3) is 4.82. The minimum Gasteiger partial charge on any atom is -0.352 e. The van der Waals surface area contributed by atoms with Crippen LogP contribution in [0.3, 0.4) is 0 Å². The molecule has 3 nitrogen and oxygen atoms in total. The second kappa shape index (κ2) is 7.95. The van der Waals surface area contributed by atoms with Crippen LogP contribution in [0, 0.1) is 5.92 Å². The lowest BCUT2D eigenvalue weighted by Gasteiger charge is -2.31. The molecule has 0 aromatic heterocycles. The largest absolute Gasteiger partial charge is 0.352 e. The van der Waals surface area contributed by atoms with Crippen molar-refractivity contribution in [1.29, 1.82) is 0 Å². The summed E-state index contributed by atoms with van der Waals surface area (Å²) in [6.45, 7) is 5.30. The Balaban J connectivity index is 1.95. The molecule has 3 unspecified atom stereocenters. The normalized spacial score (nSPS) is 23.6. The van der Waals surface area contributed by atoms with Gasteiger partial charge in [0.15, 0.2) is 0 Å². The molecule has 1 aromatic carbocycles. The van der Waals surface area contributed by atoms with Crippen LogP contribution in [0.5, 0.6) is 0 Å². The number of benzene rings is 1. The molecule has 1 saturated heterocycles. The third-order valence-corrected chi connectivity index (χ3v) is 4.82. The van der Waals surface area contributed by atoms with Gasteiger partial charge in [-0.15, -0.1) is 0 Å². The number of rotatable bonds is 5. The maximum atomic E-state index is 12.5.